The Bertz CT molecular complexity index is 648. The molecular weight excluding hydrogens is 314 g/mol. The maximum Gasteiger partial charge on any atom is 0.243 e. The third-order valence-corrected chi connectivity index (χ3v) is 6.33. The normalized spacial score (nSPS) is 19.0. The third-order valence-electron chi connectivity index (χ3n) is 4.42. The molecule has 0 bridgehead atoms. The van der Waals surface area contributed by atoms with Gasteiger partial charge in [-0.3, -0.25) is 9.69 Å². The van der Waals surface area contributed by atoms with E-state index in [2.05, 4.69) is 13.8 Å². The van der Waals surface area contributed by atoms with Crippen molar-refractivity contribution < 1.29 is 13.2 Å². The second kappa shape index (κ2) is 6.98. The van der Waals surface area contributed by atoms with Crippen LogP contribution in [-0.2, 0) is 14.8 Å². The number of hydrogen-bond acceptors (Lipinski definition) is 4. The van der Waals surface area contributed by atoms with Gasteiger partial charge in [0, 0.05) is 26.2 Å². The Balaban J connectivity index is 2.08. The first-order chi connectivity index (χ1) is 10.7. The lowest BCUT2D eigenvalue weighted by Gasteiger charge is -2.36. The third kappa shape index (κ3) is 3.91. The summed E-state index contributed by atoms with van der Waals surface area (Å²) in [6, 6.07) is 6.70. The molecule has 2 rings (SSSR count). The quantitative estimate of drug-likeness (QED) is 0.867. The van der Waals surface area contributed by atoms with Gasteiger partial charge in [-0.2, -0.15) is 4.31 Å². The van der Waals surface area contributed by atoms with E-state index in [0.29, 0.717) is 37.0 Å². The van der Waals surface area contributed by atoms with Crippen molar-refractivity contribution in [1.82, 2.24) is 9.21 Å². The molecule has 1 atom stereocenters. The molecule has 1 unspecified atom stereocenters. The van der Waals surface area contributed by atoms with Crippen molar-refractivity contribution in [3.05, 3.63) is 29.8 Å². The van der Waals surface area contributed by atoms with E-state index >= 15 is 0 Å². The second-order valence-electron chi connectivity index (χ2n) is 6.24. The van der Waals surface area contributed by atoms with Crippen LogP contribution in [0.4, 0.5) is 0 Å². The van der Waals surface area contributed by atoms with Crippen LogP contribution < -0.4 is 5.73 Å². The average molecular weight is 339 g/mol. The van der Waals surface area contributed by atoms with Crippen molar-refractivity contribution in [2.75, 3.05) is 26.2 Å². The van der Waals surface area contributed by atoms with E-state index in [4.69, 9.17) is 5.73 Å². The summed E-state index contributed by atoms with van der Waals surface area (Å²) in [4.78, 5) is 13.5. The number of benzene rings is 1. The molecule has 7 heteroatoms. The van der Waals surface area contributed by atoms with E-state index in [9.17, 15) is 13.2 Å². The Morgan fingerprint density at radius 2 is 1.57 bits per heavy atom. The molecule has 0 aliphatic carbocycles. The Kier molecular flexibility index (Phi) is 5.44. The molecule has 0 spiro atoms. The largest absolute Gasteiger partial charge is 0.368 e. The minimum absolute atomic E-state index is 0.318. The van der Waals surface area contributed by atoms with Gasteiger partial charge >= 0.3 is 0 Å². The van der Waals surface area contributed by atoms with Crippen LogP contribution >= 0.6 is 0 Å². The summed E-state index contributed by atoms with van der Waals surface area (Å²) in [6.07, 6.45) is 0. The zero-order chi connectivity index (χ0) is 17.2. The number of nitrogens with two attached hydrogens (primary N) is 1. The SMILES string of the molecule is CC(C)c1ccc(S(=O)(=O)N2CCN(C(C)C(N)=O)CC2)cc1. The van der Waals surface area contributed by atoms with E-state index in [1.165, 1.54) is 4.31 Å². The van der Waals surface area contributed by atoms with Crippen molar-refractivity contribution in [2.45, 2.75) is 37.6 Å². The lowest BCUT2D eigenvalue weighted by atomic mass is 10.0. The van der Waals surface area contributed by atoms with Crippen LogP contribution in [0.1, 0.15) is 32.3 Å². The number of rotatable bonds is 5. The van der Waals surface area contributed by atoms with Gasteiger partial charge in [0.25, 0.3) is 0 Å². The van der Waals surface area contributed by atoms with E-state index in [0.717, 1.165) is 5.56 Å². The van der Waals surface area contributed by atoms with Crippen molar-refractivity contribution in [2.24, 2.45) is 5.73 Å². The molecule has 0 saturated carbocycles. The average Bonchev–Trinajstić information content (AvgIpc) is 2.54. The summed E-state index contributed by atoms with van der Waals surface area (Å²) >= 11 is 0. The number of piperazine rings is 1. The molecule has 23 heavy (non-hydrogen) atoms. The van der Waals surface area contributed by atoms with Gasteiger partial charge in [-0.1, -0.05) is 26.0 Å². The standard InChI is InChI=1S/C16H25N3O3S/c1-12(2)14-4-6-15(7-5-14)23(21,22)19-10-8-18(9-11-19)13(3)16(17)20/h4-7,12-13H,8-11H2,1-3H3,(H2,17,20). The van der Waals surface area contributed by atoms with Gasteiger partial charge in [-0.25, -0.2) is 8.42 Å². The molecule has 1 aliphatic heterocycles. The molecule has 0 radical (unpaired) electrons. The maximum absolute atomic E-state index is 12.7. The summed E-state index contributed by atoms with van der Waals surface area (Å²) in [5, 5.41) is 0. The molecule has 1 aromatic rings. The predicted molar refractivity (Wildman–Crippen MR) is 89.5 cm³/mol. The molecule has 1 amide bonds. The van der Waals surface area contributed by atoms with Gasteiger partial charge in [0.1, 0.15) is 0 Å². The van der Waals surface area contributed by atoms with Gasteiger partial charge in [0.05, 0.1) is 10.9 Å². The molecule has 0 aromatic heterocycles. The fraction of sp³-hybridized carbons (Fsp3) is 0.562. The molecule has 1 aliphatic rings. The number of carbonyl (C=O) groups is 1. The highest BCUT2D eigenvalue weighted by atomic mass is 32.2. The van der Waals surface area contributed by atoms with Gasteiger partial charge < -0.3 is 5.73 Å². The summed E-state index contributed by atoms with van der Waals surface area (Å²) in [6.45, 7) is 7.64. The van der Waals surface area contributed by atoms with Gasteiger partial charge in [0.15, 0.2) is 0 Å². The van der Waals surface area contributed by atoms with Crippen molar-refractivity contribution in [3.8, 4) is 0 Å². The summed E-state index contributed by atoms with van der Waals surface area (Å²) in [5.41, 5.74) is 6.42. The van der Waals surface area contributed by atoms with Crippen molar-refractivity contribution in [3.63, 3.8) is 0 Å². The van der Waals surface area contributed by atoms with Crippen LogP contribution in [0.15, 0.2) is 29.2 Å². The van der Waals surface area contributed by atoms with E-state index in [1.807, 2.05) is 17.0 Å². The van der Waals surface area contributed by atoms with E-state index < -0.39 is 10.0 Å². The zero-order valence-corrected chi connectivity index (χ0v) is 14.7. The van der Waals surface area contributed by atoms with Crippen molar-refractivity contribution in [1.29, 1.82) is 0 Å². The van der Waals surface area contributed by atoms with Crippen LogP contribution in [-0.4, -0.2) is 55.8 Å². The lowest BCUT2D eigenvalue weighted by Crippen LogP contribution is -2.54. The highest BCUT2D eigenvalue weighted by Gasteiger charge is 2.31. The number of sulfonamides is 1. The first-order valence-corrected chi connectivity index (χ1v) is 9.31. The Morgan fingerprint density at radius 1 is 1.04 bits per heavy atom. The number of hydrogen-bond donors (Lipinski definition) is 1. The van der Waals surface area contributed by atoms with Gasteiger partial charge in [-0.05, 0) is 30.5 Å². The molecule has 1 fully saturated rings. The monoisotopic (exact) mass is 339 g/mol. The van der Waals surface area contributed by atoms with Gasteiger partial charge in [-0.15, -0.1) is 0 Å². The van der Waals surface area contributed by atoms with Crippen molar-refractivity contribution >= 4 is 15.9 Å². The van der Waals surface area contributed by atoms with Gasteiger partial charge in [0.2, 0.25) is 15.9 Å². The number of carbonyl (C=O) groups excluding carboxylic acids is 1. The lowest BCUT2D eigenvalue weighted by molar-refractivity contribution is -0.123. The molecule has 128 valence electrons. The van der Waals surface area contributed by atoms with Crippen LogP contribution in [0.2, 0.25) is 0 Å². The molecule has 1 saturated heterocycles. The van der Waals surface area contributed by atoms with Crippen LogP contribution in [0.25, 0.3) is 0 Å². The van der Waals surface area contributed by atoms with Crippen LogP contribution in [0.3, 0.4) is 0 Å². The number of primary amides is 1. The highest BCUT2D eigenvalue weighted by Crippen LogP contribution is 2.21. The summed E-state index contributed by atoms with van der Waals surface area (Å²) in [7, 11) is -3.48. The number of nitrogens with zero attached hydrogens (tertiary/aromatic N) is 2. The fourth-order valence-electron chi connectivity index (χ4n) is 2.68. The first kappa shape index (κ1) is 17.9. The molecule has 1 heterocycles. The first-order valence-electron chi connectivity index (χ1n) is 7.87. The molecule has 6 nitrogen and oxygen atoms in total. The van der Waals surface area contributed by atoms with Crippen LogP contribution in [0, 0.1) is 0 Å². The van der Waals surface area contributed by atoms with E-state index in [1.54, 1.807) is 19.1 Å². The summed E-state index contributed by atoms with van der Waals surface area (Å²) in [5.74, 6) is -0.0174. The predicted octanol–water partition coefficient (Wildman–Crippen LogP) is 0.990. The minimum Gasteiger partial charge on any atom is -0.368 e. The second-order valence-corrected chi connectivity index (χ2v) is 8.18. The number of amides is 1. The summed E-state index contributed by atoms with van der Waals surface area (Å²) < 4.78 is 26.9. The fourth-order valence-corrected chi connectivity index (χ4v) is 4.11. The zero-order valence-electron chi connectivity index (χ0n) is 13.9. The highest BCUT2D eigenvalue weighted by molar-refractivity contribution is 7.89. The molecule has 2 N–H and O–H groups in total. The topological polar surface area (TPSA) is 83.7 Å². The molecule has 1 aromatic carbocycles. The smallest absolute Gasteiger partial charge is 0.243 e. The van der Waals surface area contributed by atoms with E-state index in [-0.39, 0.29) is 11.9 Å². The molecular formula is C16H25N3O3S. The maximum atomic E-state index is 12.7. The Hall–Kier alpha value is -1.44. The van der Waals surface area contributed by atoms with Crippen LogP contribution in [0.5, 0.6) is 0 Å². The minimum atomic E-state index is -3.48. The Labute approximate surface area is 138 Å². The Morgan fingerprint density at radius 3 is 2.00 bits per heavy atom.